The Morgan fingerprint density at radius 3 is 2.06 bits per heavy atom. The molecule has 5 atom stereocenters. The molecular formula is C21H22O11. The first-order chi connectivity index (χ1) is 15.1. The number of aromatic hydroxyl groups is 3. The number of ketones is 1. The number of carbonyl (C=O) groups excluding carboxylic acids is 2. The predicted octanol–water partition coefficient (Wildman–Crippen LogP) is 0.0494. The number of rotatable bonds is 6. The Morgan fingerprint density at radius 2 is 1.50 bits per heavy atom. The first kappa shape index (κ1) is 23.3. The highest BCUT2D eigenvalue weighted by Gasteiger charge is 2.45. The van der Waals surface area contributed by atoms with Crippen LogP contribution in [-0.2, 0) is 9.47 Å². The first-order valence-electron chi connectivity index (χ1n) is 9.48. The molecule has 5 unspecified atom stereocenters. The lowest BCUT2D eigenvalue weighted by Crippen LogP contribution is -2.60. The van der Waals surface area contributed by atoms with Crippen LogP contribution < -0.4 is 4.74 Å². The quantitative estimate of drug-likeness (QED) is 0.199. The molecule has 32 heavy (non-hydrogen) atoms. The summed E-state index contributed by atoms with van der Waals surface area (Å²) in [6.07, 6.45) is -7.66. The van der Waals surface area contributed by atoms with E-state index >= 15 is 0 Å². The standard InChI is InChI=1S/C21H22O11/c1-9(22)10-2-4-12(5-3-10)31-21-19(28)18(27)17(26)15(32-21)8-30-20(29)11-6-13(23)16(25)14(24)7-11/h2-7,15,17-19,21,23-28H,8H2,1H3. The number of hydrogen-bond donors (Lipinski definition) is 6. The molecule has 0 saturated carbocycles. The molecule has 1 aliphatic heterocycles. The van der Waals surface area contributed by atoms with Gasteiger partial charge >= 0.3 is 5.97 Å². The summed E-state index contributed by atoms with van der Waals surface area (Å²) in [5.41, 5.74) is 0.149. The summed E-state index contributed by atoms with van der Waals surface area (Å²) >= 11 is 0. The summed E-state index contributed by atoms with van der Waals surface area (Å²) in [6, 6.07) is 7.65. The average Bonchev–Trinajstić information content (AvgIpc) is 2.76. The van der Waals surface area contributed by atoms with Crippen molar-refractivity contribution in [1.29, 1.82) is 0 Å². The van der Waals surface area contributed by atoms with E-state index in [9.17, 15) is 40.2 Å². The third kappa shape index (κ3) is 4.92. The number of aliphatic hydroxyl groups is 3. The molecule has 3 rings (SSSR count). The van der Waals surface area contributed by atoms with E-state index in [4.69, 9.17) is 14.2 Å². The second-order valence-electron chi connectivity index (χ2n) is 7.17. The van der Waals surface area contributed by atoms with Crippen molar-refractivity contribution < 1.29 is 54.4 Å². The highest BCUT2D eigenvalue weighted by molar-refractivity contribution is 5.94. The van der Waals surface area contributed by atoms with Crippen molar-refractivity contribution in [3.63, 3.8) is 0 Å². The van der Waals surface area contributed by atoms with Gasteiger partial charge in [-0.05, 0) is 43.3 Å². The molecule has 6 N–H and O–H groups in total. The Labute approximate surface area is 181 Å². The van der Waals surface area contributed by atoms with E-state index in [0.29, 0.717) is 5.56 Å². The van der Waals surface area contributed by atoms with Gasteiger partial charge in [-0.2, -0.15) is 0 Å². The maximum atomic E-state index is 12.2. The summed E-state index contributed by atoms with van der Waals surface area (Å²) < 4.78 is 15.9. The molecule has 0 bridgehead atoms. The molecule has 0 aliphatic carbocycles. The largest absolute Gasteiger partial charge is 0.504 e. The fourth-order valence-electron chi connectivity index (χ4n) is 3.02. The molecule has 172 valence electrons. The molecule has 2 aromatic rings. The number of phenolic OH excluding ortho intramolecular Hbond substituents is 3. The monoisotopic (exact) mass is 450 g/mol. The third-order valence-corrected chi connectivity index (χ3v) is 4.87. The number of benzene rings is 2. The van der Waals surface area contributed by atoms with Gasteiger partial charge in [-0.25, -0.2) is 4.79 Å². The molecule has 0 aromatic heterocycles. The summed E-state index contributed by atoms with van der Waals surface area (Å²) in [5.74, 6) is -3.25. The topological polar surface area (TPSA) is 183 Å². The minimum Gasteiger partial charge on any atom is -0.504 e. The average molecular weight is 450 g/mol. The zero-order valence-corrected chi connectivity index (χ0v) is 16.8. The molecule has 11 heteroatoms. The van der Waals surface area contributed by atoms with E-state index in [1.807, 2.05) is 0 Å². The van der Waals surface area contributed by atoms with Crippen molar-refractivity contribution >= 4 is 11.8 Å². The lowest BCUT2D eigenvalue weighted by molar-refractivity contribution is -0.277. The van der Waals surface area contributed by atoms with Crippen molar-refractivity contribution in [2.75, 3.05) is 6.61 Å². The van der Waals surface area contributed by atoms with E-state index in [1.54, 1.807) is 0 Å². The fraction of sp³-hybridized carbons (Fsp3) is 0.333. The lowest BCUT2D eigenvalue weighted by Gasteiger charge is -2.39. The molecule has 1 heterocycles. The molecule has 1 aliphatic rings. The smallest absolute Gasteiger partial charge is 0.338 e. The molecule has 0 radical (unpaired) electrons. The number of aliphatic hydroxyl groups excluding tert-OH is 3. The Balaban J connectivity index is 1.67. The SMILES string of the molecule is CC(=O)c1ccc(OC2OC(COC(=O)c3cc(O)c(O)c(O)c3)C(O)C(O)C2O)cc1. The van der Waals surface area contributed by atoms with E-state index in [2.05, 4.69) is 0 Å². The van der Waals surface area contributed by atoms with Crippen LogP contribution in [0, 0.1) is 0 Å². The van der Waals surface area contributed by atoms with Crippen LogP contribution in [-0.4, -0.2) is 79.7 Å². The van der Waals surface area contributed by atoms with Crippen LogP contribution in [0.3, 0.4) is 0 Å². The highest BCUT2D eigenvalue weighted by atomic mass is 16.7. The Morgan fingerprint density at radius 1 is 0.906 bits per heavy atom. The number of ether oxygens (including phenoxy) is 3. The summed E-state index contributed by atoms with van der Waals surface area (Å²) in [4.78, 5) is 23.5. The van der Waals surface area contributed by atoms with Gasteiger partial charge in [0.05, 0.1) is 5.56 Å². The van der Waals surface area contributed by atoms with Crippen LogP contribution in [0.4, 0.5) is 0 Å². The van der Waals surface area contributed by atoms with Crippen molar-refractivity contribution in [3.05, 3.63) is 47.5 Å². The van der Waals surface area contributed by atoms with Gasteiger partial charge in [-0.1, -0.05) is 0 Å². The van der Waals surface area contributed by atoms with Crippen LogP contribution in [0.25, 0.3) is 0 Å². The minimum atomic E-state index is -1.68. The number of Topliss-reactive ketones (excluding diaryl/α,β-unsaturated/α-hetero) is 1. The van der Waals surface area contributed by atoms with Gasteiger partial charge in [0, 0.05) is 5.56 Å². The number of esters is 1. The lowest BCUT2D eigenvalue weighted by atomic mass is 9.99. The number of carbonyl (C=O) groups is 2. The van der Waals surface area contributed by atoms with Crippen molar-refractivity contribution in [3.8, 4) is 23.0 Å². The van der Waals surface area contributed by atoms with Crippen LogP contribution in [0.2, 0.25) is 0 Å². The maximum Gasteiger partial charge on any atom is 0.338 e. The fourth-order valence-corrected chi connectivity index (χ4v) is 3.02. The van der Waals surface area contributed by atoms with E-state index < -0.39 is 60.5 Å². The van der Waals surface area contributed by atoms with Crippen LogP contribution in [0.5, 0.6) is 23.0 Å². The first-order valence-corrected chi connectivity index (χ1v) is 9.48. The van der Waals surface area contributed by atoms with Gasteiger partial charge in [-0.15, -0.1) is 0 Å². The zero-order valence-electron chi connectivity index (χ0n) is 16.8. The van der Waals surface area contributed by atoms with Gasteiger partial charge in [0.1, 0.15) is 36.8 Å². The van der Waals surface area contributed by atoms with Gasteiger partial charge in [0.2, 0.25) is 6.29 Å². The number of hydrogen-bond acceptors (Lipinski definition) is 11. The normalized spacial score (nSPS) is 25.2. The molecule has 0 amide bonds. The Hall–Kier alpha value is -3.38. The third-order valence-electron chi connectivity index (χ3n) is 4.87. The number of phenols is 3. The molecule has 1 saturated heterocycles. The summed E-state index contributed by atoms with van der Waals surface area (Å²) in [6.45, 7) is 0.823. The predicted molar refractivity (Wildman–Crippen MR) is 105 cm³/mol. The van der Waals surface area contributed by atoms with E-state index in [0.717, 1.165) is 12.1 Å². The van der Waals surface area contributed by atoms with Gasteiger partial charge in [0.25, 0.3) is 0 Å². The molecule has 0 spiro atoms. The van der Waals surface area contributed by atoms with Gasteiger partial charge < -0.3 is 44.8 Å². The minimum absolute atomic E-state index is 0.152. The van der Waals surface area contributed by atoms with E-state index in [-0.39, 0.29) is 17.1 Å². The highest BCUT2D eigenvalue weighted by Crippen LogP contribution is 2.35. The summed E-state index contributed by atoms with van der Waals surface area (Å²) in [7, 11) is 0. The summed E-state index contributed by atoms with van der Waals surface area (Å²) in [5, 5.41) is 58.8. The Kier molecular flexibility index (Phi) is 6.84. The molecular weight excluding hydrogens is 428 g/mol. The van der Waals surface area contributed by atoms with Crippen LogP contribution >= 0.6 is 0 Å². The zero-order chi connectivity index (χ0) is 23.6. The van der Waals surface area contributed by atoms with Crippen molar-refractivity contribution in [2.24, 2.45) is 0 Å². The van der Waals surface area contributed by atoms with Gasteiger partial charge in [0.15, 0.2) is 23.0 Å². The molecule has 11 nitrogen and oxygen atoms in total. The van der Waals surface area contributed by atoms with Crippen molar-refractivity contribution in [2.45, 2.75) is 37.6 Å². The molecule has 1 fully saturated rings. The second-order valence-corrected chi connectivity index (χ2v) is 7.17. The second kappa shape index (κ2) is 9.40. The maximum absolute atomic E-state index is 12.2. The van der Waals surface area contributed by atoms with E-state index in [1.165, 1.54) is 31.2 Å². The Bertz CT molecular complexity index is 965. The van der Waals surface area contributed by atoms with Gasteiger partial charge in [-0.3, -0.25) is 4.79 Å². The van der Waals surface area contributed by atoms with Crippen LogP contribution in [0.15, 0.2) is 36.4 Å². The molecule has 2 aromatic carbocycles. The van der Waals surface area contributed by atoms with Crippen LogP contribution in [0.1, 0.15) is 27.6 Å². The van der Waals surface area contributed by atoms with Crippen molar-refractivity contribution in [1.82, 2.24) is 0 Å².